The minimum absolute atomic E-state index is 0. The molecule has 3 aliphatic rings. The van der Waals surface area contributed by atoms with Gasteiger partial charge in [-0.3, -0.25) is 24.0 Å². The quantitative estimate of drug-likeness (QED) is 0.0282. The number of hydrogen-bond acceptors (Lipinski definition) is 23. The van der Waals surface area contributed by atoms with E-state index in [2.05, 4.69) is 9.98 Å². The molecule has 59 heavy (non-hydrogen) atoms. The number of phosphoric ester groups is 1. The van der Waals surface area contributed by atoms with Crippen LogP contribution in [0.15, 0.2) is 17.3 Å². The first kappa shape index (κ1) is 55.0. The summed E-state index contributed by atoms with van der Waals surface area (Å²) in [6, 6.07) is -1.50. The molecule has 12 N–H and O–H groups in total. The van der Waals surface area contributed by atoms with Crippen LogP contribution in [0.5, 0.6) is 6.01 Å². The fourth-order valence-electron chi connectivity index (χ4n) is 6.38. The van der Waals surface area contributed by atoms with Crippen LogP contribution in [-0.4, -0.2) is 196 Å². The molecule has 1 aromatic heterocycles. The molecule has 0 amide bonds. The molecule has 4 rings (SSSR count). The molecule has 30 heteroatoms. The Labute approximate surface area is 380 Å². The van der Waals surface area contributed by atoms with Crippen LogP contribution >= 0.6 is 15.4 Å². The van der Waals surface area contributed by atoms with Crippen LogP contribution in [0.4, 0.5) is 0 Å². The van der Waals surface area contributed by atoms with Crippen LogP contribution in [0, 0.1) is 5.41 Å². The number of nitrogens with zero attached hydrogens (tertiary/aromatic N) is 3. The molecule has 17 atom stereocenters. The predicted molar refractivity (Wildman–Crippen MR) is 178 cm³/mol. The van der Waals surface area contributed by atoms with E-state index in [1.54, 1.807) is 0 Å². The van der Waals surface area contributed by atoms with E-state index in [9.17, 15) is 75.1 Å². The van der Waals surface area contributed by atoms with Gasteiger partial charge in [0.2, 0.25) is 0 Å². The maximum Gasteiger partial charge on any atom is 1.00 e. The number of ether oxygens (including phenoxy) is 4. The second-order valence-corrected chi connectivity index (χ2v) is 17.1. The number of aliphatic hydroxyl groups is 9. The Kier molecular flexibility index (Phi) is 21.6. The largest absolute Gasteiger partial charge is 1.00 e. The van der Waals surface area contributed by atoms with Crippen LogP contribution in [-0.2, 0) is 41.6 Å². The zero-order valence-corrected chi connectivity index (χ0v) is 38.1. The molecule has 0 spiro atoms. The number of methoxy groups -OCH3 is 1. The predicted octanol–water partition coefficient (Wildman–Crippen LogP) is -13.0. The van der Waals surface area contributed by atoms with Gasteiger partial charge in [-0.15, -0.1) is 0 Å². The van der Waals surface area contributed by atoms with Crippen molar-refractivity contribution in [3.63, 3.8) is 0 Å². The molecule has 1 aromatic rings. The van der Waals surface area contributed by atoms with Gasteiger partial charge in [0, 0.05) is 19.7 Å². The van der Waals surface area contributed by atoms with E-state index in [0.29, 0.717) is 0 Å². The number of hydrogen-bond donors (Lipinski definition) is 12. The van der Waals surface area contributed by atoms with Crippen LogP contribution < -0.4 is 74.8 Å². The monoisotopic (exact) mass is 912 g/mol. The molecule has 0 radical (unpaired) electrons. The molecule has 0 bridgehead atoms. The summed E-state index contributed by atoms with van der Waals surface area (Å²) in [5.41, 5.74) is -2.57. The van der Waals surface area contributed by atoms with Crippen LogP contribution in [0.1, 0.15) is 26.0 Å². The Hall–Kier alpha value is -0.110. The summed E-state index contributed by atoms with van der Waals surface area (Å²) in [7, 11) is -9.00. The van der Waals surface area contributed by atoms with Gasteiger partial charge in [0.15, 0.2) is 12.5 Å². The van der Waals surface area contributed by atoms with Crippen molar-refractivity contribution in [2.45, 2.75) is 111 Å². The molecular weight excluding hydrogens is 864 g/mol. The van der Waals surface area contributed by atoms with Gasteiger partial charge >= 0.3 is 74.5 Å². The summed E-state index contributed by atoms with van der Waals surface area (Å²) >= 11 is 0. The fourth-order valence-corrected chi connectivity index (χ4v) is 8.38. The number of rotatable bonds is 18. The van der Waals surface area contributed by atoms with Gasteiger partial charge in [0.1, 0.15) is 72.6 Å². The van der Waals surface area contributed by atoms with Gasteiger partial charge in [-0.2, -0.15) is 0 Å². The van der Waals surface area contributed by atoms with Crippen molar-refractivity contribution in [3.8, 4) is 6.01 Å². The average Bonchev–Trinajstić information content (AvgIpc) is 3.43. The summed E-state index contributed by atoms with van der Waals surface area (Å²) in [6.45, 7) is -2.95. The first-order valence-corrected chi connectivity index (χ1v) is 20.5. The Morgan fingerprint density at radius 3 is 2.22 bits per heavy atom. The van der Waals surface area contributed by atoms with Crippen LogP contribution in [0.3, 0.4) is 0 Å². The SMILES string of the molecule is CO[C@@H]1O[C@H](COP(=O)(O)OC[C@]2(CCP(=O)(O)OC[C@H]3O[C@@H](n4ccc(=N)nc4[O-])[C@H](O)[C@@H]3O)C[C@H](O)[C@@H](N=C(C)[O-])[C@H](C(O)[C@H](O)CO)O2)[C@H](O)[C@H](O)[C@H]1O.[Na+].[Na+]. The molecule has 3 saturated heterocycles. The van der Waals surface area contributed by atoms with Gasteiger partial charge in [-0.05, 0) is 25.3 Å². The van der Waals surface area contributed by atoms with Crippen molar-refractivity contribution in [2.24, 2.45) is 4.99 Å². The zero-order valence-electron chi connectivity index (χ0n) is 32.3. The van der Waals surface area contributed by atoms with Gasteiger partial charge < -0.3 is 94.0 Å². The van der Waals surface area contributed by atoms with Crippen molar-refractivity contribution in [3.05, 3.63) is 17.8 Å². The van der Waals surface area contributed by atoms with E-state index >= 15 is 0 Å². The number of phosphoric acid groups is 1. The average molecular weight is 913 g/mol. The van der Waals surface area contributed by atoms with Gasteiger partial charge in [-0.25, -0.2) is 9.55 Å². The Morgan fingerprint density at radius 1 is 1.02 bits per heavy atom. The normalized spacial score (nSPS) is 37.0. The molecule has 0 aliphatic carbocycles. The van der Waals surface area contributed by atoms with Gasteiger partial charge in [0.25, 0.3) is 0 Å². The minimum Gasteiger partial charge on any atom is -0.862 e. The van der Waals surface area contributed by atoms with Gasteiger partial charge in [-0.1, -0.05) is 0 Å². The van der Waals surface area contributed by atoms with E-state index < -0.39 is 164 Å². The van der Waals surface area contributed by atoms with E-state index in [1.807, 2.05) is 0 Å². The van der Waals surface area contributed by atoms with Crippen molar-refractivity contribution in [2.75, 3.05) is 39.7 Å². The van der Waals surface area contributed by atoms with E-state index in [4.69, 9.17) is 37.9 Å². The summed E-state index contributed by atoms with van der Waals surface area (Å²) in [5, 5.41) is 125. The molecule has 4 heterocycles. The Bertz CT molecular complexity index is 1680. The molecule has 3 fully saturated rings. The van der Waals surface area contributed by atoms with Crippen molar-refractivity contribution < 1.29 is 167 Å². The maximum absolute atomic E-state index is 13.3. The van der Waals surface area contributed by atoms with E-state index in [-0.39, 0.29) is 64.6 Å². The van der Waals surface area contributed by atoms with E-state index in [0.717, 1.165) is 30.9 Å². The van der Waals surface area contributed by atoms with Crippen LogP contribution in [0.2, 0.25) is 0 Å². The molecule has 0 saturated carbocycles. The van der Waals surface area contributed by atoms with Crippen LogP contribution in [0.25, 0.3) is 0 Å². The third-order valence-corrected chi connectivity index (χ3v) is 11.7. The topological polar surface area (TPSA) is 421 Å². The molecule has 3 aliphatic heterocycles. The number of aliphatic hydroxyl groups excluding tert-OH is 9. The summed E-state index contributed by atoms with van der Waals surface area (Å²) in [4.78, 5) is 28.5. The molecular formula is C29H48N4Na2O22P2. The Balaban J connectivity index is 0.00000600. The third-order valence-electron chi connectivity index (χ3n) is 9.47. The smallest absolute Gasteiger partial charge is 0.862 e. The molecule has 26 nitrogen and oxygen atoms in total. The van der Waals surface area contributed by atoms with Gasteiger partial charge in [0.05, 0.1) is 50.3 Å². The third kappa shape index (κ3) is 14.2. The standard InChI is InChI=1S/C29H50N4O22P2.2Na/c1-12(35)31-18-13(36)7-29(55-25(18)19(38)14(37)8-34,11-52-57(47,48)51-10-16-20(39)22(41)24(43)27(49-2)54-16)4-6-56(45,46)50-9-15-21(40)23(42)26(53-15)33-5-3-17(30)32-28(33)44;;/h3,5,13-16,18-27,34,36-43H,4,6-11H2,1-2H3,(H,31,35)(H,45,46)(H,47,48)(H2,30,32,44);;/q;2*+1/p-2/t13-,14+,15+,16+,18+,19?,20-,21+,22-,23+,24+,25+,26+,27+,29-;;/m0../s1. The molecule has 328 valence electrons. The Morgan fingerprint density at radius 2 is 1.63 bits per heavy atom. The van der Waals surface area contributed by atoms with Crippen molar-refractivity contribution in [1.82, 2.24) is 9.55 Å². The summed E-state index contributed by atoms with van der Waals surface area (Å²) in [6.07, 6.45) is -23.9. The number of aliphatic imine (C=N–C) groups is 1. The maximum atomic E-state index is 13.3. The first-order chi connectivity index (χ1) is 26.5. The minimum atomic E-state index is -5.26. The second kappa shape index (κ2) is 23.2. The zero-order chi connectivity index (χ0) is 42.6. The molecule has 3 unspecified atom stereocenters. The molecule has 0 aromatic carbocycles. The first-order valence-electron chi connectivity index (χ1n) is 17.2. The summed E-state index contributed by atoms with van der Waals surface area (Å²) < 4.78 is 64.0. The fraction of sp³-hybridized carbons (Fsp3) is 0.828. The van der Waals surface area contributed by atoms with Crippen molar-refractivity contribution >= 4 is 21.3 Å². The number of aromatic nitrogens is 2. The number of nitrogens with one attached hydrogen (secondary N) is 1. The van der Waals surface area contributed by atoms with E-state index in [1.165, 1.54) is 0 Å². The summed E-state index contributed by atoms with van der Waals surface area (Å²) in [5.74, 6) is -0.859. The second-order valence-electron chi connectivity index (χ2n) is 13.7. The van der Waals surface area contributed by atoms with Crippen molar-refractivity contribution in [1.29, 1.82) is 5.41 Å².